The van der Waals surface area contributed by atoms with Crippen LogP contribution in [0.3, 0.4) is 0 Å². The van der Waals surface area contributed by atoms with Crippen LogP contribution in [-0.2, 0) is 0 Å². The molecule has 0 radical (unpaired) electrons. The molecule has 0 amide bonds. The number of hydrogen-bond acceptors (Lipinski definition) is 0. The summed E-state index contributed by atoms with van der Waals surface area (Å²) in [6, 6.07) is 6.05. The van der Waals surface area contributed by atoms with Gasteiger partial charge in [-0.05, 0) is 0 Å². The Labute approximate surface area is 231 Å². The predicted molar refractivity (Wildman–Crippen MR) is 150 cm³/mol. The molecule has 0 N–H and O–H groups in total. The van der Waals surface area contributed by atoms with Crippen LogP contribution in [0.5, 0.6) is 0 Å². The third kappa shape index (κ3) is 4.71. The zero-order valence-electron chi connectivity index (χ0n) is 21.4. The van der Waals surface area contributed by atoms with E-state index in [1.54, 1.807) is 0 Å². The van der Waals surface area contributed by atoms with Crippen LogP contribution in [-0.4, -0.2) is 6.15 Å². The second kappa shape index (κ2) is 11.1. The molecule has 0 atom stereocenters. The predicted octanol–water partition coefficient (Wildman–Crippen LogP) is 6.75. The number of benzene rings is 4. The van der Waals surface area contributed by atoms with Crippen LogP contribution in [0.2, 0.25) is 0 Å². The fourth-order valence-corrected chi connectivity index (χ4v) is 5.35. The average Bonchev–Trinajstić information content (AvgIpc) is 2.89. The summed E-state index contributed by atoms with van der Waals surface area (Å²) in [5.41, 5.74) is -4.05. The van der Waals surface area contributed by atoms with E-state index in [1.165, 1.54) is 0 Å². The lowest BCUT2D eigenvalue weighted by atomic mass is 9.13. The van der Waals surface area contributed by atoms with Crippen molar-refractivity contribution in [2.45, 2.75) is 0 Å². The molecule has 0 aliphatic carbocycles. The molecule has 0 aromatic heterocycles. The molecule has 0 saturated carbocycles. The minimum Gasteiger partial charge on any atom is -0.206 e. The maximum absolute atomic E-state index is 15.2. The first-order chi connectivity index (χ1) is 19.4. The first-order valence-corrected chi connectivity index (χ1v) is 12.1. The molecule has 208 valence electrons. The molecule has 4 rings (SSSR count). The third-order valence-corrected chi connectivity index (χ3v) is 7.22. The van der Waals surface area contributed by atoms with Gasteiger partial charge in [-0.2, -0.15) is 21.9 Å². The monoisotopic (exact) mass is 567 g/mol. The molecule has 4 aromatic carbocycles. The summed E-state index contributed by atoms with van der Waals surface area (Å²) in [7, 11) is 0. The largest absolute Gasteiger partial charge is 0.206 e. The lowest BCUT2D eigenvalue weighted by molar-refractivity contribution is 0.580. The highest BCUT2D eigenvalue weighted by Gasteiger charge is 2.36. The van der Waals surface area contributed by atoms with Crippen LogP contribution in [0.1, 0.15) is 22.3 Å². The molecule has 0 aliphatic rings. The SMILES string of the molecule is C=Cc1c(F)cc([B-](c2cc(F)c(C=C)c(F)c2)(c2cc(F)c(C=C)c(F)c2)c2cc(F)c(C=C)c(F)c2)cc1F. The van der Waals surface area contributed by atoms with Crippen LogP contribution in [0.25, 0.3) is 24.3 Å². The highest BCUT2D eigenvalue weighted by Crippen LogP contribution is 2.23. The minimum absolute atomic E-state index is 0.439. The van der Waals surface area contributed by atoms with Crippen molar-refractivity contribution in [3.05, 3.63) is 144 Å². The zero-order chi connectivity index (χ0) is 30.2. The molecule has 0 nitrogen and oxygen atoms in total. The van der Waals surface area contributed by atoms with Gasteiger partial charge >= 0.3 is 0 Å². The van der Waals surface area contributed by atoms with E-state index in [2.05, 4.69) is 26.3 Å². The van der Waals surface area contributed by atoms with E-state index < -0.39 is 96.8 Å². The highest BCUT2D eigenvalue weighted by molar-refractivity contribution is 7.19. The molecule has 0 heterocycles. The molecule has 9 heteroatoms. The normalized spacial score (nSPS) is 11.3. The van der Waals surface area contributed by atoms with Crippen molar-refractivity contribution in [1.29, 1.82) is 0 Å². The number of hydrogen-bond donors (Lipinski definition) is 0. The fourth-order valence-electron chi connectivity index (χ4n) is 5.35. The maximum atomic E-state index is 15.2. The van der Waals surface area contributed by atoms with Gasteiger partial charge in [0.15, 0.2) is 0 Å². The fraction of sp³-hybridized carbons (Fsp3) is 0. The van der Waals surface area contributed by atoms with Gasteiger partial charge < -0.3 is 0 Å². The highest BCUT2D eigenvalue weighted by atomic mass is 19.2. The van der Waals surface area contributed by atoms with Gasteiger partial charge in [0.1, 0.15) is 52.7 Å². The van der Waals surface area contributed by atoms with Gasteiger partial charge in [-0.3, -0.25) is 0 Å². The standard InChI is InChI=1S/C32H20BF8/c1-5-21-25(34)9-17(10-26(21)35)33(18-11-27(36)22(6-2)28(37)12-18,19-13-29(38)23(7-3)30(39)14-19)20-15-31(40)24(8-4)32(41)16-20/h5-16H,1-4H2/q-1. The van der Waals surface area contributed by atoms with E-state index in [0.29, 0.717) is 0 Å². The van der Waals surface area contributed by atoms with Crippen molar-refractivity contribution in [2.75, 3.05) is 0 Å². The molecular formula is C32H20BF8-. The van der Waals surface area contributed by atoms with Crippen LogP contribution in [0.4, 0.5) is 35.1 Å². The summed E-state index contributed by atoms with van der Waals surface area (Å²) in [4.78, 5) is 0. The Hall–Kier alpha value is -4.66. The Kier molecular flexibility index (Phi) is 7.93. The molecule has 4 aromatic rings. The van der Waals surface area contributed by atoms with Gasteiger partial charge in [-0.15, -0.1) is 0 Å². The molecule has 0 bridgehead atoms. The zero-order valence-corrected chi connectivity index (χ0v) is 21.4. The summed E-state index contributed by atoms with van der Waals surface area (Å²) in [5.74, 6) is -9.58. The topological polar surface area (TPSA) is 0 Å². The van der Waals surface area contributed by atoms with Crippen LogP contribution in [0, 0.1) is 46.5 Å². The van der Waals surface area contributed by atoms with Crippen molar-refractivity contribution < 1.29 is 35.1 Å². The van der Waals surface area contributed by atoms with E-state index in [9.17, 15) is 0 Å². The van der Waals surface area contributed by atoms with Gasteiger partial charge in [-0.1, -0.05) is 99.2 Å². The molecule has 0 aliphatic heterocycles. The van der Waals surface area contributed by atoms with Crippen molar-refractivity contribution >= 4 is 52.3 Å². The Morgan fingerprint density at radius 3 is 0.610 bits per heavy atom. The van der Waals surface area contributed by atoms with Crippen molar-refractivity contribution in [3.8, 4) is 0 Å². The summed E-state index contributed by atoms with van der Waals surface area (Å²) in [6.45, 7) is 13.4. The lowest BCUT2D eigenvalue weighted by Crippen LogP contribution is -2.75. The Bertz CT molecular complexity index is 1400. The van der Waals surface area contributed by atoms with E-state index in [4.69, 9.17) is 0 Å². The molecule has 0 fully saturated rings. The minimum atomic E-state index is -3.51. The first kappa shape index (κ1) is 29.3. The molecule has 0 spiro atoms. The number of rotatable bonds is 8. The smallest absolute Gasteiger partial charge is 0.130 e. The summed E-state index contributed by atoms with van der Waals surface area (Å²) >= 11 is 0. The van der Waals surface area contributed by atoms with E-state index in [-0.39, 0.29) is 0 Å². The third-order valence-electron chi connectivity index (χ3n) is 7.22. The molecular weight excluding hydrogens is 547 g/mol. The van der Waals surface area contributed by atoms with Crippen molar-refractivity contribution in [1.82, 2.24) is 0 Å². The van der Waals surface area contributed by atoms with Crippen molar-refractivity contribution in [2.24, 2.45) is 0 Å². The lowest BCUT2D eigenvalue weighted by Gasteiger charge is -2.44. The first-order valence-electron chi connectivity index (χ1n) is 12.1. The molecule has 0 unspecified atom stereocenters. The Morgan fingerprint density at radius 2 is 0.488 bits per heavy atom. The van der Waals surface area contributed by atoms with Crippen LogP contribution >= 0.6 is 0 Å². The van der Waals surface area contributed by atoms with Crippen LogP contribution in [0.15, 0.2) is 74.8 Å². The summed E-state index contributed by atoms with van der Waals surface area (Å²) in [5, 5.41) is 0. The van der Waals surface area contributed by atoms with E-state index in [1.807, 2.05) is 0 Å². The van der Waals surface area contributed by atoms with Gasteiger partial charge in [-0.25, -0.2) is 35.1 Å². The van der Waals surface area contributed by atoms with Gasteiger partial charge in [0.2, 0.25) is 0 Å². The van der Waals surface area contributed by atoms with Crippen LogP contribution < -0.4 is 21.9 Å². The van der Waals surface area contributed by atoms with Gasteiger partial charge in [0.25, 0.3) is 0 Å². The van der Waals surface area contributed by atoms with Gasteiger partial charge in [0, 0.05) is 22.3 Å². The van der Waals surface area contributed by atoms with Gasteiger partial charge in [0.05, 0.1) is 0 Å². The second-order valence-corrected chi connectivity index (χ2v) is 9.28. The summed E-state index contributed by atoms with van der Waals surface area (Å²) in [6.07, 6.45) is -0.0188. The quantitative estimate of drug-likeness (QED) is 0.163. The average molecular weight is 567 g/mol. The van der Waals surface area contributed by atoms with E-state index >= 15 is 35.1 Å². The maximum Gasteiger partial charge on any atom is 0.130 e. The Morgan fingerprint density at radius 1 is 0.341 bits per heavy atom. The number of halogens is 8. The summed E-state index contributed by atoms with van der Waals surface area (Å²) < 4.78 is 122. The second-order valence-electron chi connectivity index (χ2n) is 9.28. The molecule has 0 saturated heterocycles. The molecule has 41 heavy (non-hydrogen) atoms. The Balaban J connectivity index is 2.35. The van der Waals surface area contributed by atoms with E-state index in [0.717, 1.165) is 72.8 Å². The van der Waals surface area contributed by atoms with Crippen molar-refractivity contribution in [3.63, 3.8) is 0 Å².